The molecule has 4 aromatic rings. The van der Waals surface area contributed by atoms with Crippen molar-refractivity contribution < 1.29 is 29.0 Å². The minimum atomic E-state index is -1.02. The lowest BCUT2D eigenvalue weighted by molar-refractivity contribution is -0.146. The number of aromatic nitrogens is 4. The number of hydrogen-bond acceptors (Lipinski definition) is 8. The lowest BCUT2D eigenvalue weighted by atomic mass is 9.81. The number of rotatable bonds is 8. The maximum atomic E-state index is 13.7. The summed E-state index contributed by atoms with van der Waals surface area (Å²) in [5.74, 6) is 0.165. The molecule has 0 atom stereocenters. The fourth-order valence-corrected chi connectivity index (χ4v) is 8.48. The van der Waals surface area contributed by atoms with Crippen LogP contribution < -0.4 is 10.6 Å². The summed E-state index contributed by atoms with van der Waals surface area (Å²) in [5, 5.41) is 15.7. The van der Waals surface area contributed by atoms with Crippen LogP contribution >= 0.6 is 11.6 Å². The van der Waals surface area contributed by atoms with Crippen LogP contribution in [0, 0.1) is 18.8 Å². The monoisotopic (exact) mass is 756 g/mol. The number of nitrogens with one attached hydrogen (secondary N) is 2. The van der Waals surface area contributed by atoms with Crippen LogP contribution in [0.5, 0.6) is 0 Å². The summed E-state index contributed by atoms with van der Waals surface area (Å²) in [5.41, 5.74) is 6.60. The van der Waals surface area contributed by atoms with Gasteiger partial charge >= 0.3 is 12.1 Å². The third kappa shape index (κ3) is 7.19. The predicted octanol–water partition coefficient (Wildman–Crippen LogP) is 5.66. The largest absolute Gasteiger partial charge is 0.469 e. The van der Waals surface area contributed by atoms with Crippen molar-refractivity contribution in [3.63, 3.8) is 0 Å². The van der Waals surface area contributed by atoms with E-state index in [1.165, 1.54) is 12.0 Å². The van der Waals surface area contributed by atoms with Crippen LogP contribution in [0.2, 0.25) is 5.02 Å². The minimum Gasteiger partial charge on any atom is -0.469 e. The number of imidazole rings is 2. The second-order valence-electron chi connectivity index (χ2n) is 14.5. The molecule has 2 aromatic carbocycles. The van der Waals surface area contributed by atoms with Crippen molar-refractivity contribution >= 4 is 46.9 Å². The quantitative estimate of drug-likeness (QED) is 0.193. The van der Waals surface area contributed by atoms with Gasteiger partial charge in [-0.2, -0.15) is 0 Å². The highest BCUT2D eigenvalue weighted by molar-refractivity contribution is 6.36. The van der Waals surface area contributed by atoms with Crippen LogP contribution in [0.3, 0.4) is 0 Å². The van der Waals surface area contributed by atoms with Crippen LogP contribution in [0.1, 0.15) is 75.3 Å². The number of ether oxygens (including phenoxy) is 1. The van der Waals surface area contributed by atoms with Gasteiger partial charge in [-0.15, -0.1) is 0 Å². The Balaban J connectivity index is 1.03. The summed E-state index contributed by atoms with van der Waals surface area (Å²) >= 11 is 6.98. The molecule has 54 heavy (non-hydrogen) atoms. The third-order valence-corrected chi connectivity index (χ3v) is 11.7. The molecule has 0 unspecified atom stereocenters. The molecule has 15 heteroatoms. The zero-order chi connectivity index (χ0) is 38.3. The number of nitrogens with zero attached hydrogens (tertiary/aromatic N) is 6. The normalized spacial score (nSPS) is 18.4. The summed E-state index contributed by atoms with van der Waals surface area (Å²) < 4.78 is 8.54. The average molecular weight is 757 g/mol. The topological polar surface area (TPSA) is 164 Å². The molecule has 1 aliphatic carbocycles. The first-order chi connectivity index (χ1) is 25.9. The molecular weight excluding hydrogens is 712 g/mol. The van der Waals surface area contributed by atoms with Gasteiger partial charge in [0.25, 0.3) is 11.8 Å². The van der Waals surface area contributed by atoms with E-state index in [1.807, 2.05) is 42.8 Å². The molecule has 14 nitrogen and oxygen atoms in total. The Morgan fingerprint density at radius 2 is 1.41 bits per heavy atom. The summed E-state index contributed by atoms with van der Waals surface area (Å²) in [4.78, 5) is 63.6. The number of fused-ring (bicyclic) bond motifs is 2. The van der Waals surface area contributed by atoms with Crippen LogP contribution in [0.4, 0.5) is 16.2 Å². The molecule has 7 rings (SSSR count). The maximum Gasteiger partial charge on any atom is 0.407 e. The molecule has 1 fully saturated rings. The number of anilines is 2. The fraction of sp³-hybridized carbons (Fsp3) is 0.436. The third-order valence-electron chi connectivity index (χ3n) is 11.3. The lowest BCUT2D eigenvalue weighted by Gasteiger charge is -2.33. The molecule has 3 amide bonds. The van der Waals surface area contributed by atoms with Gasteiger partial charge in [0.15, 0.2) is 11.6 Å². The van der Waals surface area contributed by atoms with Gasteiger partial charge in [-0.1, -0.05) is 35.9 Å². The van der Waals surface area contributed by atoms with Crippen molar-refractivity contribution in [2.24, 2.45) is 25.9 Å². The highest BCUT2D eigenvalue weighted by atomic mass is 35.5. The van der Waals surface area contributed by atoms with E-state index in [1.54, 1.807) is 23.7 Å². The number of carbonyl (C=O) groups excluding carboxylic acids is 3. The van der Waals surface area contributed by atoms with Gasteiger partial charge in [0.1, 0.15) is 0 Å². The maximum absolute atomic E-state index is 13.7. The van der Waals surface area contributed by atoms with E-state index in [-0.39, 0.29) is 30.2 Å². The highest BCUT2D eigenvalue weighted by Gasteiger charge is 2.31. The molecular formula is C39H45ClN8O6. The highest BCUT2D eigenvalue weighted by Crippen LogP contribution is 2.38. The molecule has 0 bridgehead atoms. The van der Waals surface area contributed by atoms with E-state index in [0.29, 0.717) is 58.9 Å². The Kier molecular flexibility index (Phi) is 10.5. The fourth-order valence-electron chi connectivity index (χ4n) is 8.20. The number of halogens is 1. The predicted molar refractivity (Wildman–Crippen MR) is 203 cm³/mol. The molecule has 0 radical (unpaired) electrons. The molecule has 0 saturated heterocycles. The molecule has 2 aromatic heterocycles. The number of esters is 1. The SMILES string of the molecule is COC(=O)[C@H]1CC[C@@H](CN2CCc3c(nc(C(=O)Nc4cccc(-c5cccc(NC(=O)c6nc7c(n6C)CCN(C(=O)O)C7)c5C)c4Cl)n3C)C2)CC1. The Hall–Kier alpha value is -5.21. The summed E-state index contributed by atoms with van der Waals surface area (Å²) in [6.45, 7) is 4.85. The smallest absolute Gasteiger partial charge is 0.407 e. The first kappa shape index (κ1) is 37.1. The molecule has 0 spiro atoms. The number of hydrogen-bond donors (Lipinski definition) is 3. The van der Waals surface area contributed by atoms with Crippen molar-refractivity contribution in [2.45, 2.75) is 58.5 Å². The van der Waals surface area contributed by atoms with Gasteiger partial charge < -0.3 is 34.5 Å². The van der Waals surface area contributed by atoms with Crippen LogP contribution in [-0.4, -0.2) is 84.6 Å². The van der Waals surface area contributed by atoms with E-state index >= 15 is 0 Å². The summed E-state index contributed by atoms with van der Waals surface area (Å²) in [6.07, 6.45) is 3.97. The van der Waals surface area contributed by atoms with Crippen molar-refractivity contribution in [1.82, 2.24) is 28.9 Å². The van der Waals surface area contributed by atoms with Crippen molar-refractivity contribution in [1.29, 1.82) is 0 Å². The van der Waals surface area contributed by atoms with E-state index in [4.69, 9.17) is 21.3 Å². The number of carbonyl (C=O) groups is 4. The first-order valence-electron chi connectivity index (χ1n) is 18.3. The van der Waals surface area contributed by atoms with E-state index in [0.717, 1.165) is 73.4 Å². The molecule has 3 aliphatic rings. The lowest BCUT2D eigenvalue weighted by Crippen LogP contribution is -2.36. The van der Waals surface area contributed by atoms with Crippen molar-refractivity contribution in [3.8, 4) is 11.1 Å². The minimum absolute atomic E-state index is 0.00757. The number of amides is 3. The second-order valence-corrected chi connectivity index (χ2v) is 14.9. The van der Waals surface area contributed by atoms with E-state index < -0.39 is 12.0 Å². The molecule has 1 saturated carbocycles. The Labute approximate surface area is 318 Å². The molecule has 4 heterocycles. The van der Waals surface area contributed by atoms with Crippen LogP contribution in [0.25, 0.3) is 11.1 Å². The Morgan fingerprint density at radius 1 is 0.833 bits per heavy atom. The standard InChI is InChI=1S/C39H45ClN8O6/c1-22-25(7-5-9-27(22)43-36(49)34-42-30-21-48(39(52)53)18-16-32(30)46(34)3)26-8-6-10-28(33(26)40)44-37(50)35-41-29-20-47(17-15-31(29)45(35)2)19-23-11-13-24(14-12-23)38(51)54-4/h5-10,23-24H,11-21H2,1-4H3,(H,43,49)(H,44,50)(H,52,53)/t23-,24+. The Morgan fingerprint density at radius 3 is 2.04 bits per heavy atom. The van der Waals surface area contributed by atoms with Crippen LogP contribution in [-0.2, 0) is 49.6 Å². The zero-order valence-corrected chi connectivity index (χ0v) is 31.7. The second kappa shape index (κ2) is 15.3. The van der Waals surface area contributed by atoms with Gasteiger partial charge in [0.2, 0.25) is 0 Å². The zero-order valence-electron chi connectivity index (χ0n) is 30.9. The van der Waals surface area contributed by atoms with E-state index in [2.05, 4.69) is 20.5 Å². The number of benzene rings is 2. The van der Waals surface area contributed by atoms with Crippen LogP contribution in [0.15, 0.2) is 36.4 Å². The number of methoxy groups -OCH3 is 1. The molecule has 2 aliphatic heterocycles. The van der Waals surface area contributed by atoms with Crippen molar-refractivity contribution in [2.75, 3.05) is 37.4 Å². The van der Waals surface area contributed by atoms with Crippen molar-refractivity contribution in [3.05, 3.63) is 81.4 Å². The van der Waals surface area contributed by atoms with Gasteiger partial charge in [-0.3, -0.25) is 19.3 Å². The summed E-state index contributed by atoms with van der Waals surface area (Å²) in [6, 6.07) is 11.0. The van der Waals surface area contributed by atoms with Gasteiger partial charge in [-0.05, 0) is 61.8 Å². The number of carboxylic acid groups (broad SMARTS) is 1. The first-order valence-corrected chi connectivity index (χ1v) is 18.7. The van der Waals surface area contributed by atoms with E-state index in [9.17, 15) is 24.3 Å². The summed E-state index contributed by atoms with van der Waals surface area (Å²) in [7, 11) is 5.09. The molecule has 284 valence electrons. The average Bonchev–Trinajstić information content (AvgIpc) is 3.68. The Bertz CT molecular complexity index is 2130. The van der Waals surface area contributed by atoms with Gasteiger partial charge in [0, 0.05) is 75.8 Å². The van der Waals surface area contributed by atoms with Gasteiger partial charge in [0.05, 0.1) is 41.7 Å². The molecule has 3 N–H and O–H groups in total. The van der Waals surface area contributed by atoms with Gasteiger partial charge in [-0.25, -0.2) is 14.8 Å².